The second-order valence-corrected chi connectivity index (χ2v) is 5.55. The molecule has 0 aliphatic heterocycles. The number of pyridine rings is 1. The molecule has 0 aliphatic rings. The highest BCUT2D eigenvalue weighted by atomic mass is 16.1. The van der Waals surface area contributed by atoms with E-state index in [1.54, 1.807) is 18.5 Å². The minimum Gasteiger partial charge on any atom is -0.383 e. The van der Waals surface area contributed by atoms with Crippen LogP contribution in [0.5, 0.6) is 0 Å². The molecule has 4 nitrogen and oxygen atoms in total. The first-order valence-electron chi connectivity index (χ1n) is 6.96. The summed E-state index contributed by atoms with van der Waals surface area (Å²) in [5.74, 6) is -0.0393. The van der Waals surface area contributed by atoms with E-state index in [1.165, 1.54) is 0 Å². The van der Waals surface area contributed by atoms with E-state index >= 15 is 0 Å². The van der Waals surface area contributed by atoms with Gasteiger partial charge in [-0.1, -0.05) is 27.7 Å². The zero-order valence-electron chi connectivity index (χ0n) is 12.4. The van der Waals surface area contributed by atoms with E-state index in [0.29, 0.717) is 12.1 Å². The van der Waals surface area contributed by atoms with Crippen molar-refractivity contribution in [2.75, 3.05) is 18.4 Å². The van der Waals surface area contributed by atoms with Gasteiger partial charge in [0, 0.05) is 19.3 Å². The van der Waals surface area contributed by atoms with Gasteiger partial charge in [0.2, 0.25) is 0 Å². The molecule has 19 heavy (non-hydrogen) atoms. The molecule has 2 N–H and O–H groups in total. The first kappa shape index (κ1) is 15.5. The molecule has 1 aromatic rings. The van der Waals surface area contributed by atoms with Gasteiger partial charge < -0.3 is 10.6 Å². The number of hydrogen-bond acceptors (Lipinski definition) is 3. The lowest BCUT2D eigenvalue weighted by Gasteiger charge is -2.23. The van der Waals surface area contributed by atoms with Crippen LogP contribution in [0.3, 0.4) is 0 Å². The number of aromatic nitrogens is 1. The normalized spacial score (nSPS) is 11.2. The van der Waals surface area contributed by atoms with E-state index in [0.717, 1.165) is 25.1 Å². The highest BCUT2D eigenvalue weighted by Gasteiger charge is 2.18. The van der Waals surface area contributed by atoms with Crippen LogP contribution in [-0.4, -0.2) is 24.0 Å². The van der Waals surface area contributed by atoms with Gasteiger partial charge in [0.05, 0.1) is 17.4 Å². The molecule has 0 atom stereocenters. The monoisotopic (exact) mass is 263 g/mol. The Morgan fingerprint density at radius 1 is 1.37 bits per heavy atom. The van der Waals surface area contributed by atoms with Crippen molar-refractivity contribution in [3.63, 3.8) is 0 Å². The van der Waals surface area contributed by atoms with Crippen LogP contribution >= 0.6 is 0 Å². The lowest BCUT2D eigenvalue weighted by atomic mass is 9.90. The van der Waals surface area contributed by atoms with Crippen LogP contribution in [0.25, 0.3) is 0 Å². The van der Waals surface area contributed by atoms with E-state index in [9.17, 15) is 4.79 Å². The van der Waals surface area contributed by atoms with Gasteiger partial charge in [0.15, 0.2) is 0 Å². The first-order valence-corrected chi connectivity index (χ1v) is 6.96. The quantitative estimate of drug-likeness (QED) is 0.795. The maximum absolute atomic E-state index is 12.2. The summed E-state index contributed by atoms with van der Waals surface area (Å²) in [5.41, 5.74) is 1.59. The molecular formula is C15H25N3O. The number of rotatable bonds is 7. The maximum Gasteiger partial charge on any atom is 0.253 e. The first-order chi connectivity index (χ1) is 9.00. The van der Waals surface area contributed by atoms with Crippen molar-refractivity contribution in [3.05, 3.63) is 24.0 Å². The smallest absolute Gasteiger partial charge is 0.253 e. The molecule has 0 saturated heterocycles. The molecule has 1 heterocycles. The van der Waals surface area contributed by atoms with Gasteiger partial charge in [-0.2, -0.15) is 0 Å². The van der Waals surface area contributed by atoms with Gasteiger partial charge in [-0.3, -0.25) is 9.78 Å². The number of anilines is 1. The Hall–Kier alpha value is -1.58. The van der Waals surface area contributed by atoms with Gasteiger partial charge >= 0.3 is 0 Å². The SMILES string of the molecule is CCCNc1cnccc1C(=O)NCC(C)(C)CC. The predicted molar refractivity (Wildman–Crippen MR) is 79.4 cm³/mol. The Balaban J connectivity index is 2.71. The van der Waals surface area contributed by atoms with Crippen LogP contribution < -0.4 is 10.6 Å². The van der Waals surface area contributed by atoms with Crippen LogP contribution in [0.4, 0.5) is 5.69 Å². The molecule has 106 valence electrons. The van der Waals surface area contributed by atoms with Crippen LogP contribution in [0.2, 0.25) is 0 Å². The van der Waals surface area contributed by atoms with Gasteiger partial charge in [-0.05, 0) is 24.3 Å². The number of carbonyl (C=O) groups excluding carboxylic acids is 1. The topological polar surface area (TPSA) is 54.0 Å². The largest absolute Gasteiger partial charge is 0.383 e. The minimum atomic E-state index is -0.0393. The van der Waals surface area contributed by atoms with E-state index in [4.69, 9.17) is 0 Å². The summed E-state index contributed by atoms with van der Waals surface area (Å²) in [6.45, 7) is 10.0. The fourth-order valence-corrected chi connectivity index (χ4v) is 1.53. The summed E-state index contributed by atoms with van der Waals surface area (Å²) >= 11 is 0. The highest BCUT2D eigenvalue weighted by Crippen LogP contribution is 2.19. The number of hydrogen-bond donors (Lipinski definition) is 2. The molecule has 0 aromatic carbocycles. The van der Waals surface area contributed by atoms with E-state index in [2.05, 4.69) is 43.3 Å². The van der Waals surface area contributed by atoms with Gasteiger partial charge in [-0.15, -0.1) is 0 Å². The average Bonchev–Trinajstić information content (AvgIpc) is 2.43. The van der Waals surface area contributed by atoms with Gasteiger partial charge in [-0.25, -0.2) is 0 Å². The second-order valence-electron chi connectivity index (χ2n) is 5.55. The van der Waals surface area contributed by atoms with Crippen molar-refractivity contribution in [1.82, 2.24) is 10.3 Å². The fraction of sp³-hybridized carbons (Fsp3) is 0.600. The Labute approximate surface area is 116 Å². The Bertz CT molecular complexity index is 416. The predicted octanol–water partition coefficient (Wildman–Crippen LogP) is 3.07. The zero-order chi connectivity index (χ0) is 14.3. The molecule has 1 aromatic heterocycles. The molecule has 0 radical (unpaired) electrons. The third kappa shape index (κ3) is 4.89. The van der Waals surface area contributed by atoms with Gasteiger partial charge in [0.1, 0.15) is 0 Å². The summed E-state index contributed by atoms with van der Waals surface area (Å²) in [6, 6.07) is 1.76. The molecule has 0 unspecified atom stereocenters. The van der Waals surface area contributed by atoms with Crippen LogP contribution in [0, 0.1) is 5.41 Å². The average molecular weight is 263 g/mol. The third-order valence-electron chi connectivity index (χ3n) is 3.32. The molecule has 0 spiro atoms. The summed E-state index contributed by atoms with van der Waals surface area (Å²) < 4.78 is 0. The lowest BCUT2D eigenvalue weighted by Crippen LogP contribution is -2.34. The fourth-order valence-electron chi connectivity index (χ4n) is 1.53. The highest BCUT2D eigenvalue weighted by molar-refractivity contribution is 5.99. The van der Waals surface area contributed by atoms with E-state index in [1.807, 2.05) is 0 Å². The van der Waals surface area contributed by atoms with Crippen LogP contribution in [-0.2, 0) is 0 Å². The summed E-state index contributed by atoms with van der Waals surface area (Å²) in [4.78, 5) is 16.3. The van der Waals surface area contributed by atoms with Crippen molar-refractivity contribution in [3.8, 4) is 0 Å². The number of amides is 1. The van der Waals surface area contributed by atoms with Crippen molar-refractivity contribution in [2.45, 2.75) is 40.5 Å². The number of carbonyl (C=O) groups is 1. The van der Waals surface area contributed by atoms with E-state index < -0.39 is 0 Å². The summed E-state index contributed by atoms with van der Waals surface area (Å²) in [7, 11) is 0. The molecule has 0 fully saturated rings. The molecular weight excluding hydrogens is 238 g/mol. The number of nitrogens with one attached hydrogen (secondary N) is 2. The zero-order valence-corrected chi connectivity index (χ0v) is 12.4. The molecule has 0 saturated carbocycles. The van der Waals surface area contributed by atoms with Crippen molar-refractivity contribution < 1.29 is 4.79 Å². The summed E-state index contributed by atoms with van der Waals surface area (Å²) in [5, 5.41) is 6.23. The minimum absolute atomic E-state index is 0.0393. The van der Waals surface area contributed by atoms with Crippen LogP contribution in [0.1, 0.15) is 50.9 Å². The Morgan fingerprint density at radius 2 is 2.11 bits per heavy atom. The Morgan fingerprint density at radius 3 is 2.74 bits per heavy atom. The van der Waals surface area contributed by atoms with Gasteiger partial charge in [0.25, 0.3) is 5.91 Å². The van der Waals surface area contributed by atoms with Crippen molar-refractivity contribution in [2.24, 2.45) is 5.41 Å². The lowest BCUT2D eigenvalue weighted by molar-refractivity contribution is 0.0936. The second kappa shape index (κ2) is 7.12. The maximum atomic E-state index is 12.2. The number of nitrogens with zero attached hydrogens (tertiary/aromatic N) is 1. The van der Waals surface area contributed by atoms with Crippen molar-refractivity contribution >= 4 is 11.6 Å². The van der Waals surface area contributed by atoms with E-state index in [-0.39, 0.29) is 11.3 Å². The summed E-state index contributed by atoms with van der Waals surface area (Å²) in [6.07, 6.45) is 5.40. The molecule has 0 aliphatic carbocycles. The van der Waals surface area contributed by atoms with Crippen molar-refractivity contribution in [1.29, 1.82) is 0 Å². The van der Waals surface area contributed by atoms with Crippen LogP contribution in [0.15, 0.2) is 18.5 Å². The molecule has 1 rings (SSSR count). The molecule has 4 heteroatoms. The Kier molecular flexibility index (Phi) is 5.80. The molecule has 0 bridgehead atoms. The standard InChI is InChI=1S/C15H25N3O/c1-5-8-17-13-10-16-9-7-12(13)14(19)18-11-15(3,4)6-2/h7,9-10,17H,5-6,8,11H2,1-4H3,(H,18,19). The molecule has 1 amide bonds. The third-order valence-corrected chi connectivity index (χ3v) is 3.32.